The van der Waals surface area contributed by atoms with Crippen LogP contribution in [0.15, 0.2) is 36.9 Å². The Morgan fingerprint density at radius 2 is 2.24 bits per heavy atom. The first-order chi connectivity index (χ1) is 14.0. The molecule has 1 aromatic rings. The van der Waals surface area contributed by atoms with Crippen molar-refractivity contribution in [2.75, 3.05) is 66.3 Å². The first kappa shape index (κ1) is 23.4. The Morgan fingerprint density at radius 1 is 1.48 bits per heavy atom. The normalized spacial score (nSPS) is 18.4. The van der Waals surface area contributed by atoms with Crippen molar-refractivity contribution in [3.63, 3.8) is 0 Å². The third kappa shape index (κ3) is 8.20. The zero-order chi connectivity index (χ0) is 21.1. The third-order valence-electron chi connectivity index (χ3n) is 4.61. The molecule has 1 fully saturated rings. The molecular formula is C21H31FN2O5. The van der Waals surface area contributed by atoms with Crippen LogP contribution in [0.1, 0.15) is 10.4 Å². The molecule has 0 aliphatic carbocycles. The minimum absolute atomic E-state index is 0.189. The number of methoxy groups -OCH3 is 1. The van der Waals surface area contributed by atoms with Gasteiger partial charge in [-0.05, 0) is 24.3 Å². The van der Waals surface area contributed by atoms with E-state index in [1.807, 2.05) is 0 Å². The van der Waals surface area contributed by atoms with Crippen molar-refractivity contribution >= 4 is 5.91 Å². The van der Waals surface area contributed by atoms with Gasteiger partial charge in [-0.15, -0.1) is 6.58 Å². The monoisotopic (exact) mass is 410 g/mol. The van der Waals surface area contributed by atoms with Gasteiger partial charge in [0.2, 0.25) is 0 Å². The van der Waals surface area contributed by atoms with E-state index in [9.17, 15) is 14.3 Å². The van der Waals surface area contributed by atoms with Crippen molar-refractivity contribution in [3.8, 4) is 0 Å². The maximum Gasteiger partial charge on any atom is 0.254 e. The highest BCUT2D eigenvalue weighted by atomic mass is 19.1. The molecule has 1 aliphatic heterocycles. The number of aliphatic hydroxyl groups is 1. The second-order valence-corrected chi connectivity index (χ2v) is 6.98. The van der Waals surface area contributed by atoms with E-state index in [4.69, 9.17) is 14.2 Å². The standard InChI is InChI=1S/C21H31FN2O5/c1-3-10-28-16-19(25)13-23-8-12-29-20(14-23)15-24(9-11-27-2)21(26)17-4-6-18(22)7-5-17/h3-7,19-20,25H,1,8-16H2,2H3/t19-,20-/m0/s1. The molecule has 7 nitrogen and oxygen atoms in total. The average molecular weight is 410 g/mol. The summed E-state index contributed by atoms with van der Waals surface area (Å²) < 4.78 is 29.4. The van der Waals surface area contributed by atoms with Crippen LogP contribution in [-0.2, 0) is 14.2 Å². The molecule has 0 spiro atoms. The molecule has 1 N–H and O–H groups in total. The van der Waals surface area contributed by atoms with Crippen LogP contribution >= 0.6 is 0 Å². The molecule has 1 heterocycles. The molecule has 1 aliphatic rings. The van der Waals surface area contributed by atoms with E-state index in [1.165, 1.54) is 24.3 Å². The lowest BCUT2D eigenvalue weighted by atomic mass is 10.1. The molecule has 1 aromatic carbocycles. The minimum atomic E-state index is -0.598. The van der Waals surface area contributed by atoms with Crippen LogP contribution in [0, 0.1) is 5.82 Å². The third-order valence-corrected chi connectivity index (χ3v) is 4.61. The van der Waals surface area contributed by atoms with E-state index in [0.29, 0.717) is 58.1 Å². The quantitative estimate of drug-likeness (QED) is 0.412. The van der Waals surface area contributed by atoms with Crippen LogP contribution in [0.3, 0.4) is 0 Å². The number of hydrogen-bond donors (Lipinski definition) is 1. The predicted molar refractivity (Wildman–Crippen MR) is 107 cm³/mol. The number of carbonyl (C=O) groups is 1. The van der Waals surface area contributed by atoms with E-state index in [0.717, 1.165) is 0 Å². The zero-order valence-corrected chi connectivity index (χ0v) is 17.0. The van der Waals surface area contributed by atoms with E-state index < -0.39 is 6.10 Å². The summed E-state index contributed by atoms with van der Waals surface area (Å²) in [5.74, 6) is -0.576. The molecule has 29 heavy (non-hydrogen) atoms. The van der Waals surface area contributed by atoms with Crippen LogP contribution in [0.25, 0.3) is 0 Å². The average Bonchev–Trinajstić information content (AvgIpc) is 2.71. The molecule has 8 heteroatoms. The van der Waals surface area contributed by atoms with Crippen LogP contribution in [0.2, 0.25) is 0 Å². The fourth-order valence-electron chi connectivity index (χ4n) is 3.19. The highest BCUT2D eigenvalue weighted by molar-refractivity contribution is 5.94. The summed E-state index contributed by atoms with van der Waals surface area (Å²) in [6.45, 7) is 7.72. The molecule has 0 aromatic heterocycles. The van der Waals surface area contributed by atoms with Crippen LogP contribution in [0.4, 0.5) is 4.39 Å². The maximum atomic E-state index is 13.2. The summed E-state index contributed by atoms with van der Waals surface area (Å²) in [6.07, 6.45) is 0.856. The summed E-state index contributed by atoms with van der Waals surface area (Å²) in [5, 5.41) is 10.1. The van der Waals surface area contributed by atoms with Crippen molar-refractivity contribution in [1.29, 1.82) is 0 Å². The highest BCUT2D eigenvalue weighted by Gasteiger charge is 2.26. The molecule has 2 atom stereocenters. The summed E-state index contributed by atoms with van der Waals surface area (Å²) >= 11 is 0. The van der Waals surface area contributed by atoms with Crippen molar-refractivity contribution in [3.05, 3.63) is 48.3 Å². The lowest BCUT2D eigenvalue weighted by molar-refractivity contribution is -0.0585. The second kappa shape index (κ2) is 12.7. The number of amides is 1. The Hall–Kier alpha value is -1.84. The van der Waals surface area contributed by atoms with Gasteiger partial charge in [-0.2, -0.15) is 0 Å². The summed E-state index contributed by atoms with van der Waals surface area (Å²) in [7, 11) is 1.58. The summed E-state index contributed by atoms with van der Waals surface area (Å²) in [4.78, 5) is 16.6. The number of β-amino-alcohol motifs (C(OH)–C–C–N with tert-alkyl or cyclic N) is 1. The maximum absolute atomic E-state index is 13.2. The highest BCUT2D eigenvalue weighted by Crippen LogP contribution is 2.12. The van der Waals surface area contributed by atoms with Crippen LogP contribution in [-0.4, -0.2) is 99.3 Å². The van der Waals surface area contributed by atoms with Gasteiger partial charge in [0.25, 0.3) is 5.91 Å². The summed E-state index contributed by atoms with van der Waals surface area (Å²) in [5.41, 5.74) is 0.421. The number of morpholine rings is 1. The Morgan fingerprint density at radius 3 is 2.93 bits per heavy atom. The van der Waals surface area contributed by atoms with E-state index in [2.05, 4.69) is 11.5 Å². The molecule has 0 bridgehead atoms. The predicted octanol–water partition coefficient (Wildman–Crippen LogP) is 1.18. The van der Waals surface area contributed by atoms with Gasteiger partial charge in [0.05, 0.1) is 38.6 Å². The lowest BCUT2D eigenvalue weighted by Gasteiger charge is -2.36. The number of benzene rings is 1. The molecule has 162 valence electrons. The number of rotatable bonds is 12. The van der Waals surface area contributed by atoms with E-state index in [-0.39, 0.29) is 24.4 Å². The Kier molecular flexibility index (Phi) is 10.2. The van der Waals surface area contributed by atoms with Crippen LogP contribution in [0.5, 0.6) is 0 Å². The van der Waals surface area contributed by atoms with Gasteiger partial charge in [0.15, 0.2) is 0 Å². The lowest BCUT2D eigenvalue weighted by Crippen LogP contribution is -2.51. The number of carbonyl (C=O) groups excluding carboxylic acids is 1. The van der Waals surface area contributed by atoms with Gasteiger partial charge in [-0.3, -0.25) is 9.69 Å². The Labute approximate surface area is 171 Å². The summed E-state index contributed by atoms with van der Waals surface area (Å²) in [6, 6.07) is 5.50. The smallest absolute Gasteiger partial charge is 0.254 e. The molecular weight excluding hydrogens is 379 g/mol. The first-order valence-corrected chi connectivity index (χ1v) is 9.78. The molecule has 0 saturated carbocycles. The van der Waals surface area contributed by atoms with Crippen molar-refractivity contribution in [2.24, 2.45) is 0 Å². The van der Waals surface area contributed by atoms with Crippen molar-refractivity contribution in [2.45, 2.75) is 12.2 Å². The van der Waals surface area contributed by atoms with Crippen molar-refractivity contribution in [1.82, 2.24) is 9.80 Å². The number of nitrogens with zero attached hydrogens (tertiary/aromatic N) is 2. The molecule has 1 amide bonds. The van der Waals surface area contributed by atoms with Gasteiger partial charge in [0, 0.05) is 45.4 Å². The van der Waals surface area contributed by atoms with E-state index >= 15 is 0 Å². The second-order valence-electron chi connectivity index (χ2n) is 6.98. The molecule has 0 radical (unpaired) electrons. The number of hydrogen-bond acceptors (Lipinski definition) is 6. The fraction of sp³-hybridized carbons (Fsp3) is 0.571. The Balaban J connectivity index is 1.92. The minimum Gasteiger partial charge on any atom is -0.389 e. The van der Waals surface area contributed by atoms with Gasteiger partial charge >= 0.3 is 0 Å². The largest absolute Gasteiger partial charge is 0.389 e. The topological polar surface area (TPSA) is 71.5 Å². The number of halogens is 1. The Bertz CT molecular complexity index is 628. The molecule has 2 rings (SSSR count). The number of ether oxygens (including phenoxy) is 3. The van der Waals surface area contributed by atoms with Gasteiger partial charge in [0.1, 0.15) is 5.82 Å². The fourth-order valence-corrected chi connectivity index (χ4v) is 3.19. The van der Waals surface area contributed by atoms with E-state index in [1.54, 1.807) is 18.1 Å². The van der Waals surface area contributed by atoms with Crippen LogP contribution < -0.4 is 0 Å². The van der Waals surface area contributed by atoms with Gasteiger partial charge in [-0.25, -0.2) is 4.39 Å². The van der Waals surface area contributed by atoms with Gasteiger partial charge in [-0.1, -0.05) is 6.08 Å². The molecule has 1 saturated heterocycles. The SMILES string of the molecule is C=CCOC[C@@H](O)CN1CCO[C@H](CN(CCOC)C(=O)c2ccc(F)cc2)C1. The first-order valence-electron chi connectivity index (χ1n) is 9.78. The van der Waals surface area contributed by atoms with Crippen molar-refractivity contribution < 1.29 is 28.5 Å². The zero-order valence-electron chi connectivity index (χ0n) is 17.0. The molecule has 0 unspecified atom stereocenters. The van der Waals surface area contributed by atoms with Gasteiger partial charge < -0.3 is 24.2 Å². The number of aliphatic hydroxyl groups excluding tert-OH is 1.